The van der Waals surface area contributed by atoms with E-state index < -0.39 is 0 Å². The second-order valence-corrected chi connectivity index (χ2v) is 7.02. The van der Waals surface area contributed by atoms with Crippen molar-refractivity contribution >= 4 is 22.1 Å². The van der Waals surface area contributed by atoms with Crippen LogP contribution in [0.2, 0.25) is 0 Å². The molecule has 30 heavy (non-hydrogen) atoms. The van der Waals surface area contributed by atoms with Gasteiger partial charge in [0.1, 0.15) is 11.3 Å². The zero-order valence-corrected chi connectivity index (χ0v) is 16.3. The largest absolute Gasteiger partial charge is 0.380 e. The summed E-state index contributed by atoms with van der Waals surface area (Å²) in [6, 6.07) is 18.7. The Morgan fingerprint density at radius 1 is 1.00 bits per heavy atom. The van der Waals surface area contributed by atoms with Crippen LogP contribution in [0.25, 0.3) is 33.3 Å². The number of methoxy groups -OCH3 is 1. The Bertz CT molecular complexity index is 1360. The van der Waals surface area contributed by atoms with E-state index in [0.717, 1.165) is 16.5 Å². The Labute approximate surface area is 172 Å². The molecule has 7 heteroatoms. The van der Waals surface area contributed by atoms with E-state index in [2.05, 4.69) is 15.3 Å². The van der Waals surface area contributed by atoms with Gasteiger partial charge in [0.05, 0.1) is 24.4 Å². The van der Waals surface area contributed by atoms with Gasteiger partial charge in [-0.3, -0.25) is 4.98 Å². The molecule has 0 aliphatic rings. The van der Waals surface area contributed by atoms with Gasteiger partial charge in [0.2, 0.25) is 0 Å². The lowest BCUT2D eigenvalue weighted by Gasteiger charge is -2.08. The van der Waals surface area contributed by atoms with Crippen LogP contribution in [-0.4, -0.2) is 32.1 Å². The monoisotopic (exact) mass is 399 g/mol. The number of hydrogen-bond donors (Lipinski definition) is 0. The third kappa shape index (κ3) is 3.29. The highest BCUT2D eigenvalue weighted by Crippen LogP contribution is 2.24. The first-order valence-electron chi connectivity index (χ1n) is 9.53. The minimum atomic E-state index is -0.315. The number of aromatic nitrogens is 5. The van der Waals surface area contributed by atoms with Gasteiger partial charge in [-0.25, -0.2) is 14.1 Å². The molecule has 2 aromatic carbocycles. The Morgan fingerprint density at radius 2 is 1.90 bits per heavy atom. The zero-order valence-electron chi connectivity index (χ0n) is 16.3. The molecular weight excluding hydrogens is 381 g/mol. The molecule has 3 aromatic heterocycles. The van der Waals surface area contributed by atoms with E-state index in [4.69, 9.17) is 9.72 Å². The molecule has 0 radical (unpaired) electrons. The average molecular weight is 399 g/mol. The molecule has 0 bridgehead atoms. The number of rotatable bonds is 5. The summed E-state index contributed by atoms with van der Waals surface area (Å²) in [7, 11) is 1.54. The molecule has 6 nitrogen and oxygen atoms in total. The van der Waals surface area contributed by atoms with Gasteiger partial charge in [0.25, 0.3) is 0 Å². The molecule has 0 amide bonds. The summed E-state index contributed by atoms with van der Waals surface area (Å²) in [5.74, 6) is -0.315. The molecule has 148 valence electrons. The lowest BCUT2D eigenvalue weighted by Crippen LogP contribution is -2.04. The maximum absolute atomic E-state index is 14.3. The van der Waals surface area contributed by atoms with Crippen molar-refractivity contribution in [2.24, 2.45) is 0 Å². The first kappa shape index (κ1) is 18.3. The van der Waals surface area contributed by atoms with Crippen LogP contribution in [0.4, 0.5) is 4.39 Å². The number of para-hydroxylation sites is 1. The summed E-state index contributed by atoms with van der Waals surface area (Å²) in [4.78, 5) is 9.22. The van der Waals surface area contributed by atoms with Crippen LogP contribution in [0.5, 0.6) is 0 Å². The molecule has 0 unspecified atom stereocenters. The normalized spacial score (nSPS) is 11.4. The molecule has 0 saturated heterocycles. The number of benzene rings is 2. The summed E-state index contributed by atoms with van der Waals surface area (Å²) >= 11 is 0. The molecule has 5 rings (SSSR count). The predicted molar refractivity (Wildman–Crippen MR) is 112 cm³/mol. The number of halogens is 1. The Hall–Kier alpha value is -3.71. The van der Waals surface area contributed by atoms with Gasteiger partial charge in [0.15, 0.2) is 5.65 Å². The maximum Gasteiger partial charge on any atom is 0.179 e. The van der Waals surface area contributed by atoms with Gasteiger partial charge in [-0.15, -0.1) is 5.10 Å². The van der Waals surface area contributed by atoms with Crippen molar-refractivity contribution in [2.45, 2.75) is 13.2 Å². The van der Waals surface area contributed by atoms with Gasteiger partial charge in [-0.05, 0) is 29.8 Å². The minimum Gasteiger partial charge on any atom is -0.380 e. The Kier molecular flexibility index (Phi) is 4.65. The fraction of sp³-hybridized carbons (Fsp3) is 0.130. The number of ether oxygens (including phenoxy) is 1. The lowest BCUT2D eigenvalue weighted by atomic mass is 10.1. The minimum absolute atomic E-state index is 0.230. The predicted octanol–water partition coefficient (Wildman–Crippen LogP) is 4.38. The molecule has 0 aliphatic heterocycles. The highest BCUT2D eigenvalue weighted by atomic mass is 19.1. The van der Waals surface area contributed by atoms with E-state index in [1.54, 1.807) is 24.1 Å². The summed E-state index contributed by atoms with van der Waals surface area (Å²) in [5.41, 5.74) is 5.14. The van der Waals surface area contributed by atoms with Crippen LogP contribution >= 0.6 is 0 Å². The van der Waals surface area contributed by atoms with E-state index in [1.165, 1.54) is 6.07 Å². The average Bonchev–Trinajstić information content (AvgIpc) is 3.17. The molecular formula is C23H18FN5O. The third-order valence-corrected chi connectivity index (χ3v) is 5.04. The van der Waals surface area contributed by atoms with Crippen molar-refractivity contribution in [3.63, 3.8) is 0 Å². The van der Waals surface area contributed by atoms with Gasteiger partial charge < -0.3 is 4.74 Å². The molecule has 5 aromatic rings. The van der Waals surface area contributed by atoms with Crippen molar-refractivity contribution in [1.82, 2.24) is 25.0 Å². The molecule has 0 spiro atoms. The second-order valence-electron chi connectivity index (χ2n) is 7.02. The van der Waals surface area contributed by atoms with Gasteiger partial charge in [-0.1, -0.05) is 41.6 Å². The molecule has 0 aliphatic carbocycles. The van der Waals surface area contributed by atoms with Gasteiger partial charge in [0, 0.05) is 29.8 Å². The van der Waals surface area contributed by atoms with Crippen LogP contribution in [0.1, 0.15) is 11.1 Å². The summed E-state index contributed by atoms with van der Waals surface area (Å²) in [5, 5.41) is 9.57. The molecule has 0 saturated carbocycles. The highest BCUT2D eigenvalue weighted by molar-refractivity contribution is 5.82. The number of fused-ring (bicyclic) bond motifs is 2. The summed E-state index contributed by atoms with van der Waals surface area (Å²) < 4.78 is 21.1. The van der Waals surface area contributed by atoms with Gasteiger partial charge >= 0.3 is 0 Å². The van der Waals surface area contributed by atoms with Crippen LogP contribution in [0.3, 0.4) is 0 Å². The highest BCUT2D eigenvalue weighted by Gasteiger charge is 2.12. The van der Waals surface area contributed by atoms with E-state index in [9.17, 15) is 4.39 Å². The molecule has 0 N–H and O–H groups in total. The first-order chi connectivity index (χ1) is 14.7. The van der Waals surface area contributed by atoms with Crippen LogP contribution in [0.15, 0.2) is 66.9 Å². The number of hydrogen-bond acceptors (Lipinski definition) is 5. The molecule has 3 heterocycles. The number of nitrogens with zero attached hydrogens (tertiary/aromatic N) is 5. The van der Waals surface area contributed by atoms with Crippen molar-refractivity contribution in [2.75, 3.05) is 7.11 Å². The Balaban J connectivity index is 1.54. The van der Waals surface area contributed by atoms with Crippen molar-refractivity contribution < 1.29 is 9.13 Å². The third-order valence-electron chi connectivity index (χ3n) is 5.04. The SMILES string of the molecule is COCc1ccc(-c2ccc3nnn(Cc4cccc5cccnc45)c3n2)cc1F. The first-order valence-corrected chi connectivity index (χ1v) is 9.53. The van der Waals surface area contributed by atoms with Gasteiger partial charge in [-0.2, -0.15) is 0 Å². The van der Waals surface area contributed by atoms with Crippen LogP contribution in [-0.2, 0) is 17.9 Å². The molecule has 0 atom stereocenters. The fourth-order valence-electron chi connectivity index (χ4n) is 3.56. The van der Waals surface area contributed by atoms with Crippen molar-refractivity contribution in [3.05, 3.63) is 83.8 Å². The zero-order chi connectivity index (χ0) is 20.5. The fourth-order valence-corrected chi connectivity index (χ4v) is 3.56. The van der Waals surface area contributed by atoms with E-state index in [0.29, 0.717) is 34.5 Å². The number of pyridine rings is 2. The Morgan fingerprint density at radius 3 is 2.77 bits per heavy atom. The van der Waals surface area contributed by atoms with Crippen molar-refractivity contribution in [1.29, 1.82) is 0 Å². The van der Waals surface area contributed by atoms with E-state index >= 15 is 0 Å². The second kappa shape index (κ2) is 7.61. The van der Waals surface area contributed by atoms with E-state index in [1.807, 2.05) is 48.5 Å². The quantitative estimate of drug-likeness (QED) is 0.439. The maximum atomic E-state index is 14.3. The summed E-state index contributed by atoms with van der Waals surface area (Å²) in [6.45, 7) is 0.719. The van der Waals surface area contributed by atoms with Crippen molar-refractivity contribution in [3.8, 4) is 11.3 Å². The smallest absolute Gasteiger partial charge is 0.179 e. The molecule has 0 fully saturated rings. The lowest BCUT2D eigenvalue weighted by molar-refractivity contribution is 0.181. The topological polar surface area (TPSA) is 65.7 Å². The van der Waals surface area contributed by atoms with Crippen LogP contribution < -0.4 is 0 Å². The standard InChI is InChI=1S/C23H18FN5O/c1-30-14-18-8-7-16(12-19(18)24)20-9-10-21-23(26-20)29(28-27-21)13-17-5-2-4-15-6-3-11-25-22(15)17/h2-12H,13-14H2,1H3. The summed E-state index contributed by atoms with van der Waals surface area (Å²) in [6.07, 6.45) is 1.78. The van der Waals surface area contributed by atoms with Crippen LogP contribution in [0, 0.1) is 5.82 Å². The van der Waals surface area contributed by atoms with E-state index in [-0.39, 0.29) is 12.4 Å².